The lowest BCUT2D eigenvalue weighted by Crippen LogP contribution is -2.55. The molecule has 1 saturated heterocycles. The fourth-order valence-corrected chi connectivity index (χ4v) is 2.97. The van der Waals surface area contributed by atoms with Crippen LogP contribution in [0.25, 0.3) is 0 Å². The van der Waals surface area contributed by atoms with E-state index in [-0.39, 0.29) is 12.1 Å². The molecule has 1 N–H and O–H groups in total. The van der Waals surface area contributed by atoms with E-state index >= 15 is 0 Å². The van der Waals surface area contributed by atoms with Gasteiger partial charge in [-0.3, -0.25) is 4.90 Å². The Balaban J connectivity index is 1.93. The number of carboxylic acids is 1. The van der Waals surface area contributed by atoms with Gasteiger partial charge in [0.05, 0.1) is 19.3 Å². The van der Waals surface area contributed by atoms with Crippen LogP contribution in [0.5, 0.6) is 0 Å². The number of amides is 2. The second kappa shape index (κ2) is 5.37. The van der Waals surface area contributed by atoms with Gasteiger partial charge in [0.25, 0.3) is 0 Å². The molecule has 2 aliphatic rings. The Hall–Kier alpha value is -2.08. The van der Waals surface area contributed by atoms with Crippen LogP contribution in [-0.2, 0) is 16.0 Å². The number of anilines is 1. The highest BCUT2D eigenvalue weighted by molar-refractivity contribution is 6.01. The normalized spacial score (nSPS) is 24.8. The number of hydrogen-bond donors (Lipinski definition) is 1. The number of fused-ring (bicyclic) bond motifs is 1. The molecule has 2 atom stereocenters. The van der Waals surface area contributed by atoms with Crippen LogP contribution in [0.3, 0.4) is 0 Å². The van der Waals surface area contributed by atoms with E-state index in [0.717, 1.165) is 5.56 Å². The summed E-state index contributed by atoms with van der Waals surface area (Å²) in [4.78, 5) is 27.4. The SMILES string of the molecule is CC1COCCN1C(=O)N1c2ccccc2CC1C(=O)O. The molecule has 0 saturated carbocycles. The van der Waals surface area contributed by atoms with Crippen molar-refractivity contribution >= 4 is 17.7 Å². The standard InChI is InChI=1S/C15H18N2O4/c1-10-9-21-7-6-16(10)15(20)17-12-5-3-2-4-11(12)8-13(17)14(18)19/h2-5,10,13H,6-9H2,1H3,(H,18,19). The molecule has 0 spiro atoms. The van der Waals surface area contributed by atoms with Crippen molar-refractivity contribution in [3.05, 3.63) is 29.8 Å². The molecule has 6 heteroatoms. The maximum absolute atomic E-state index is 12.8. The Labute approximate surface area is 122 Å². The second-order valence-electron chi connectivity index (χ2n) is 5.46. The summed E-state index contributed by atoms with van der Waals surface area (Å²) in [6, 6.07) is 6.25. The number of morpholine rings is 1. The molecule has 0 bridgehead atoms. The van der Waals surface area contributed by atoms with Crippen molar-refractivity contribution in [2.75, 3.05) is 24.7 Å². The van der Waals surface area contributed by atoms with Crippen molar-refractivity contribution in [2.45, 2.75) is 25.4 Å². The van der Waals surface area contributed by atoms with Gasteiger partial charge in [0.15, 0.2) is 0 Å². The predicted octanol–water partition coefficient (Wildman–Crippen LogP) is 1.34. The van der Waals surface area contributed by atoms with Gasteiger partial charge in [-0.25, -0.2) is 9.59 Å². The third-order valence-electron chi connectivity index (χ3n) is 4.08. The number of rotatable bonds is 1. The van der Waals surface area contributed by atoms with E-state index in [1.54, 1.807) is 11.0 Å². The van der Waals surface area contributed by atoms with Gasteiger partial charge in [0.1, 0.15) is 6.04 Å². The molecule has 1 fully saturated rings. The highest BCUT2D eigenvalue weighted by atomic mass is 16.5. The van der Waals surface area contributed by atoms with Crippen LogP contribution in [0.1, 0.15) is 12.5 Å². The van der Waals surface area contributed by atoms with E-state index < -0.39 is 12.0 Å². The minimum Gasteiger partial charge on any atom is -0.480 e. The number of hydrogen-bond acceptors (Lipinski definition) is 3. The van der Waals surface area contributed by atoms with Crippen LogP contribution >= 0.6 is 0 Å². The van der Waals surface area contributed by atoms with Gasteiger partial charge < -0.3 is 14.7 Å². The van der Waals surface area contributed by atoms with Crippen LogP contribution in [0, 0.1) is 0 Å². The molecule has 2 amide bonds. The number of ether oxygens (including phenoxy) is 1. The Bertz CT molecular complexity index is 575. The van der Waals surface area contributed by atoms with Crippen LogP contribution in [0.2, 0.25) is 0 Å². The quantitative estimate of drug-likeness (QED) is 0.847. The molecule has 6 nitrogen and oxygen atoms in total. The van der Waals surface area contributed by atoms with Crippen LogP contribution in [0.15, 0.2) is 24.3 Å². The van der Waals surface area contributed by atoms with Crippen molar-refractivity contribution < 1.29 is 19.4 Å². The second-order valence-corrected chi connectivity index (χ2v) is 5.46. The first kappa shape index (κ1) is 13.9. The number of carboxylic acid groups (broad SMARTS) is 1. The number of carbonyl (C=O) groups excluding carboxylic acids is 1. The van der Waals surface area contributed by atoms with Crippen molar-refractivity contribution in [3.8, 4) is 0 Å². The van der Waals surface area contributed by atoms with Crippen LogP contribution in [0.4, 0.5) is 10.5 Å². The third kappa shape index (κ3) is 2.35. The topological polar surface area (TPSA) is 70.1 Å². The summed E-state index contributed by atoms with van der Waals surface area (Å²) in [5, 5.41) is 9.43. The number of benzene rings is 1. The Morgan fingerprint density at radius 3 is 2.81 bits per heavy atom. The number of aliphatic carboxylic acids is 1. The average molecular weight is 290 g/mol. The fourth-order valence-electron chi connectivity index (χ4n) is 2.97. The van der Waals surface area contributed by atoms with Gasteiger partial charge in [-0.2, -0.15) is 0 Å². The van der Waals surface area contributed by atoms with Gasteiger partial charge in [-0.05, 0) is 18.6 Å². The van der Waals surface area contributed by atoms with E-state index in [0.29, 0.717) is 31.9 Å². The molecule has 0 radical (unpaired) electrons. The third-order valence-corrected chi connectivity index (χ3v) is 4.08. The lowest BCUT2D eigenvalue weighted by Gasteiger charge is -2.37. The molecule has 2 heterocycles. The Morgan fingerprint density at radius 1 is 1.33 bits per heavy atom. The first-order valence-electron chi connectivity index (χ1n) is 7.08. The summed E-state index contributed by atoms with van der Waals surface area (Å²) in [6.45, 7) is 3.38. The molecule has 1 aromatic carbocycles. The first-order chi connectivity index (χ1) is 10.1. The lowest BCUT2D eigenvalue weighted by atomic mass is 10.1. The molecule has 21 heavy (non-hydrogen) atoms. The van der Waals surface area contributed by atoms with Crippen molar-refractivity contribution in [1.82, 2.24) is 4.90 Å². The first-order valence-corrected chi connectivity index (χ1v) is 7.08. The number of urea groups is 1. The average Bonchev–Trinajstić information content (AvgIpc) is 2.86. The van der Waals surface area contributed by atoms with Gasteiger partial charge >= 0.3 is 12.0 Å². The molecule has 0 aliphatic carbocycles. The minimum atomic E-state index is -0.972. The zero-order valence-electron chi connectivity index (χ0n) is 11.9. The van der Waals surface area contributed by atoms with E-state index in [2.05, 4.69) is 0 Å². The molecule has 1 aromatic rings. The summed E-state index contributed by atoms with van der Waals surface area (Å²) < 4.78 is 5.34. The number of nitrogens with zero attached hydrogens (tertiary/aromatic N) is 2. The molecule has 0 aromatic heterocycles. The van der Waals surface area contributed by atoms with E-state index in [1.807, 2.05) is 25.1 Å². The van der Waals surface area contributed by atoms with E-state index in [9.17, 15) is 14.7 Å². The molecule has 2 unspecified atom stereocenters. The molecule has 2 aliphatic heterocycles. The summed E-state index contributed by atoms with van der Waals surface area (Å²) in [7, 11) is 0. The van der Waals surface area contributed by atoms with Crippen molar-refractivity contribution in [2.24, 2.45) is 0 Å². The van der Waals surface area contributed by atoms with E-state index in [1.165, 1.54) is 4.90 Å². The van der Waals surface area contributed by atoms with Crippen molar-refractivity contribution in [3.63, 3.8) is 0 Å². The monoisotopic (exact) mass is 290 g/mol. The van der Waals surface area contributed by atoms with Crippen molar-refractivity contribution in [1.29, 1.82) is 0 Å². The summed E-state index contributed by atoms with van der Waals surface area (Å²) in [5.74, 6) is -0.972. The molecule has 3 rings (SSSR count). The Morgan fingerprint density at radius 2 is 2.10 bits per heavy atom. The Kier molecular flexibility index (Phi) is 3.55. The van der Waals surface area contributed by atoms with Gasteiger partial charge in [-0.15, -0.1) is 0 Å². The van der Waals surface area contributed by atoms with Gasteiger partial charge in [0, 0.05) is 18.7 Å². The summed E-state index contributed by atoms with van der Waals surface area (Å²) >= 11 is 0. The molecular weight excluding hydrogens is 272 g/mol. The molecule has 112 valence electrons. The van der Waals surface area contributed by atoms with Gasteiger partial charge in [-0.1, -0.05) is 18.2 Å². The largest absolute Gasteiger partial charge is 0.480 e. The highest BCUT2D eigenvalue weighted by Gasteiger charge is 2.41. The highest BCUT2D eigenvalue weighted by Crippen LogP contribution is 2.33. The summed E-state index contributed by atoms with van der Waals surface area (Å²) in [5.41, 5.74) is 1.60. The zero-order chi connectivity index (χ0) is 15.0. The van der Waals surface area contributed by atoms with Crippen LogP contribution < -0.4 is 4.90 Å². The van der Waals surface area contributed by atoms with Crippen LogP contribution in [-0.4, -0.2) is 53.8 Å². The number of carbonyl (C=O) groups is 2. The number of para-hydroxylation sites is 1. The fraction of sp³-hybridized carbons (Fsp3) is 0.467. The lowest BCUT2D eigenvalue weighted by molar-refractivity contribution is -0.138. The maximum atomic E-state index is 12.8. The predicted molar refractivity (Wildman–Crippen MR) is 76.4 cm³/mol. The van der Waals surface area contributed by atoms with E-state index in [4.69, 9.17) is 4.74 Å². The smallest absolute Gasteiger partial charge is 0.327 e. The minimum absolute atomic E-state index is 0.0477. The maximum Gasteiger partial charge on any atom is 0.327 e. The zero-order valence-corrected chi connectivity index (χ0v) is 11.9. The summed E-state index contributed by atoms with van der Waals surface area (Å²) in [6.07, 6.45) is 0.357. The van der Waals surface area contributed by atoms with Gasteiger partial charge in [0.2, 0.25) is 0 Å². The molecular formula is C15H18N2O4.